The fourth-order valence-electron chi connectivity index (χ4n) is 2.39. The Morgan fingerprint density at radius 1 is 1.25 bits per heavy atom. The molecule has 0 N–H and O–H groups in total. The van der Waals surface area contributed by atoms with E-state index in [9.17, 15) is 0 Å². The van der Waals surface area contributed by atoms with E-state index < -0.39 is 0 Å². The van der Waals surface area contributed by atoms with Gasteiger partial charge in [-0.05, 0) is 20.1 Å². The molecule has 0 spiro atoms. The molecule has 2 aromatic heterocycles. The molecule has 0 radical (unpaired) electrons. The van der Waals surface area contributed by atoms with Crippen LogP contribution in [-0.4, -0.2) is 32.6 Å². The van der Waals surface area contributed by atoms with Gasteiger partial charge in [-0.1, -0.05) is 47.3 Å². The van der Waals surface area contributed by atoms with Crippen LogP contribution < -0.4 is 0 Å². The van der Waals surface area contributed by atoms with Crippen LogP contribution in [0.5, 0.6) is 0 Å². The first kappa shape index (κ1) is 16.7. The number of hydrogen-bond donors (Lipinski definition) is 0. The number of nitrogens with zero attached hydrogens (tertiary/aromatic N) is 4. The number of thioether (sulfide) groups is 1. The summed E-state index contributed by atoms with van der Waals surface area (Å²) in [6.45, 7) is 4.96. The van der Waals surface area contributed by atoms with E-state index in [-0.39, 0.29) is 6.10 Å². The highest BCUT2D eigenvalue weighted by Crippen LogP contribution is 2.24. The largest absolute Gasteiger partial charge is 0.371 e. The van der Waals surface area contributed by atoms with Crippen molar-refractivity contribution in [2.24, 2.45) is 0 Å². The fraction of sp³-hybridized carbons (Fsp3) is 0.353. The SMILES string of the molecule is CCOC(C)c1noc(Cn2cc(-c3ccccc3)nc2SC)n1. The summed E-state index contributed by atoms with van der Waals surface area (Å²) in [6.07, 6.45) is 3.84. The van der Waals surface area contributed by atoms with Gasteiger partial charge in [-0.25, -0.2) is 4.98 Å². The maximum absolute atomic E-state index is 5.49. The lowest BCUT2D eigenvalue weighted by Gasteiger charge is -2.05. The third-order valence-corrected chi connectivity index (χ3v) is 4.25. The number of ether oxygens (including phenoxy) is 1. The Hall–Kier alpha value is -2.12. The first-order valence-corrected chi connectivity index (χ1v) is 9.04. The second-order valence-corrected chi connectivity index (χ2v) is 6.02. The summed E-state index contributed by atoms with van der Waals surface area (Å²) >= 11 is 1.59. The lowest BCUT2D eigenvalue weighted by Crippen LogP contribution is -2.03. The van der Waals surface area contributed by atoms with Gasteiger partial charge in [-0.2, -0.15) is 4.98 Å². The summed E-state index contributed by atoms with van der Waals surface area (Å²) in [7, 11) is 0. The van der Waals surface area contributed by atoms with Gasteiger partial charge in [0.15, 0.2) is 11.0 Å². The number of rotatable bonds is 7. The van der Waals surface area contributed by atoms with Crippen molar-refractivity contribution in [1.82, 2.24) is 19.7 Å². The van der Waals surface area contributed by atoms with E-state index in [0.29, 0.717) is 24.9 Å². The second kappa shape index (κ2) is 7.63. The fourth-order valence-corrected chi connectivity index (χ4v) is 2.93. The standard InChI is InChI=1S/C17H20N4O2S/c1-4-22-12(2)16-19-15(23-20-16)11-21-10-14(18-17(21)24-3)13-8-6-5-7-9-13/h5-10,12H,4,11H2,1-3H3. The predicted molar refractivity (Wildman–Crippen MR) is 92.9 cm³/mol. The maximum Gasteiger partial charge on any atom is 0.246 e. The quantitative estimate of drug-likeness (QED) is 0.607. The zero-order valence-corrected chi connectivity index (χ0v) is 14.8. The van der Waals surface area contributed by atoms with Gasteiger partial charge in [-0.3, -0.25) is 0 Å². The average Bonchev–Trinajstić information content (AvgIpc) is 3.23. The van der Waals surface area contributed by atoms with Crippen LogP contribution in [-0.2, 0) is 11.3 Å². The minimum Gasteiger partial charge on any atom is -0.371 e. The molecule has 3 rings (SSSR count). The molecule has 0 fully saturated rings. The van der Waals surface area contributed by atoms with Gasteiger partial charge >= 0.3 is 0 Å². The van der Waals surface area contributed by atoms with Gasteiger partial charge in [0.05, 0.1) is 5.69 Å². The topological polar surface area (TPSA) is 66.0 Å². The Morgan fingerprint density at radius 2 is 2.04 bits per heavy atom. The highest BCUT2D eigenvalue weighted by Gasteiger charge is 2.16. The molecule has 3 aromatic rings. The van der Waals surface area contributed by atoms with Gasteiger partial charge in [0.1, 0.15) is 12.6 Å². The van der Waals surface area contributed by atoms with Gasteiger partial charge in [0.25, 0.3) is 0 Å². The van der Waals surface area contributed by atoms with E-state index in [1.54, 1.807) is 11.8 Å². The normalized spacial score (nSPS) is 12.5. The molecule has 6 nitrogen and oxygen atoms in total. The highest BCUT2D eigenvalue weighted by atomic mass is 32.2. The van der Waals surface area contributed by atoms with Crippen molar-refractivity contribution in [2.75, 3.05) is 12.9 Å². The molecule has 0 aliphatic heterocycles. The Labute approximate surface area is 145 Å². The Morgan fingerprint density at radius 3 is 2.75 bits per heavy atom. The monoisotopic (exact) mass is 344 g/mol. The Kier molecular flexibility index (Phi) is 5.32. The van der Waals surface area contributed by atoms with Crippen molar-refractivity contribution in [2.45, 2.75) is 31.7 Å². The van der Waals surface area contributed by atoms with Crippen molar-refractivity contribution < 1.29 is 9.26 Å². The van der Waals surface area contributed by atoms with Crippen LogP contribution in [0.15, 0.2) is 46.2 Å². The maximum atomic E-state index is 5.49. The number of hydrogen-bond acceptors (Lipinski definition) is 6. The molecule has 0 aliphatic rings. The molecule has 126 valence electrons. The molecule has 0 bridgehead atoms. The van der Waals surface area contributed by atoms with E-state index in [4.69, 9.17) is 9.26 Å². The lowest BCUT2D eigenvalue weighted by atomic mass is 10.2. The first-order valence-electron chi connectivity index (χ1n) is 7.82. The lowest BCUT2D eigenvalue weighted by molar-refractivity contribution is 0.0683. The molecule has 0 saturated carbocycles. The van der Waals surface area contributed by atoms with Gasteiger partial charge in [-0.15, -0.1) is 0 Å². The van der Waals surface area contributed by atoms with E-state index in [0.717, 1.165) is 16.4 Å². The van der Waals surface area contributed by atoms with Crippen LogP contribution >= 0.6 is 11.8 Å². The summed E-state index contributed by atoms with van der Waals surface area (Å²) in [6, 6.07) is 10.1. The summed E-state index contributed by atoms with van der Waals surface area (Å²) in [5, 5.41) is 4.91. The van der Waals surface area contributed by atoms with Gasteiger partial charge in [0.2, 0.25) is 5.89 Å². The number of imidazole rings is 1. The number of aromatic nitrogens is 4. The van der Waals surface area contributed by atoms with Crippen molar-refractivity contribution in [1.29, 1.82) is 0 Å². The second-order valence-electron chi connectivity index (χ2n) is 5.25. The van der Waals surface area contributed by atoms with E-state index in [2.05, 4.69) is 15.1 Å². The van der Waals surface area contributed by atoms with Crippen LogP contribution in [0.1, 0.15) is 31.7 Å². The zero-order valence-electron chi connectivity index (χ0n) is 14.0. The van der Waals surface area contributed by atoms with Crippen LogP contribution in [0, 0.1) is 0 Å². The molecule has 24 heavy (non-hydrogen) atoms. The summed E-state index contributed by atoms with van der Waals surface area (Å²) < 4.78 is 12.9. The van der Waals surface area contributed by atoms with Crippen molar-refractivity contribution >= 4 is 11.8 Å². The molecule has 1 unspecified atom stereocenters. The average molecular weight is 344 g/mol. The van der Waals surface area contributed by atoms with Crippen molar-refractivity contribution in [3.63, 3.8) is 0 Å². The minimum atomic E-state index is -0.171. The Bertz CT molecular complexity index is 785. The molecule has 1 atom stereocenters. The van der Waals surface area contributed by atoms with E-state index in [1.807, 2.05) is 61.2 Å². The van der Waals surface area contributed by atoms with Crippen LogP contribution in [0.2, 0.25) is 0 Å². The van der Waals surface area contributed by atoms with Crippen LogP contribution in [0.3, 0.4) is 0 Å². The molecular weight excluding hydrogens is 324 g/mol. The molecule has 1 aromatic carbocycles. The van der Waals surface area contributed by atoms with Crippen LogP contribution in [0.25, 0.3) is 11.3 Å². The van der Waals surface area contributed by atoms with Gasteiger partial charge < -0.3 is 13.8 Å². The van der Waals surface area contributed by atoms with Crippen molar-refractivity contribution in [3.05, 3.63) is 48.2 Å². The summed E-state index contributed by atoms with van der Waals surface area (Å²) in [5.41, 5.74) is 2.02. The summed E-state index contributed by atoms with van der Waals surface area (Å²) in [5.74, 6) is 1.12. The van der Waals surface area contributed by atoms with Crippen LogP contribution in [0.4, 0.5) is 0 Å². The first-order chi connectivity index (χ1) is 11.7. The van der Waals surface area contributed by atoms with E-state index in [1.165, 1.54) is 0 Å². The highest BCUT2D eigenvalue weighted by molar-refractivity contribution is 7.98. The van der Waals surface area contributed by atoms with Crippen molar-refractivity contribution in [3.8, 4) is 11.3 Å². The smallest absolute Gasteiger partial charge is 0.246 e. The van der Waals surface area contributed by atoms with E-state index >= 15 is 0 Å². The predicted octanol–water partition coefficient (Wildman–Crippen LogP) is 3.80. The molecule has 0 aliphatic carbocycles. The third kappa shape index (κ3) is 3.68. The van der Waals surface area contributed by atoms with Gasteiger partial charge in [0, 0.05) is 18.4 Å². The molecule has 0 saturated heterocycles. The molecular formula is C17H20N4O2S. The number of benzene rings is 1. The molecule has 0 amide bonds. The molecule has 7 heteroatoms. The Balaban J connectivity index is 1.81. The minimum absolute atomic E-state index is 0.171. The zero-order chi connectivity index (χ0) is 16.9. The summed E-state index contributed by atoms with van der Waals surface area (Å²) in [4.78, 5) is 9.10. The molecule has 2 heterocycles. The third-order valence-electron chi connectivity index (χ3n) is 3.56.